The lowest BCUT2D eigenvalue weighted by molar-refractivity contribution is 0.0208. The Bertz CT molecular complexity index is 319. The Kier molecular flexibility index (Phi) is 3.82. The number of methoxy groups -OCH3 is 1. The summed E-state index contributed by atoms with van der Waals surface area (Å²) in [6.45, 7) is 7.39. The largest absolute Gasteiger partial charge is 0.378 e. The first-order chi connectivity index (χ1) is 7.04. The van der Waals surface area contributed by atoms with Gasteiger partial charge in [0.25, 0.3) is 0 Å². The van der Waals surface area contributed by atoms with Gasteiger partial charge in [0.2, 0.25) is 0 Å². The first-order valence-electron chi connectivity index (χ1n) is 5.20. The molecule has 0 amide bonds. The fourth-order valence-corrected chi connectivity index (χ4v) is 1.47. The number of hydrogen-bond acceptors (Lipinski definition) is 4. The predicted molar refractivity (Wildman–Crippen MR) is 58.4 cm³/mol. The molecule has 1 heterocycles. The van der Waals surface area contributed by atoms with E-state index in [4.69, 9.17) is 10.5 Å². The van der Waals surface area contributed by atoms with Crippen molar-refractivity contribution < 1.29 is 4.74 Å². The second-order valence-electron chi connectivity index (χ2n) is 4.12. The van der Waals surface area contributed by atoms with E-state index in [0.717, 1.165) is 24.6 Å². The Balaban J connectivity index is 2.90. The lowest BCUT2D eigenvalue weighted by atomic mass is 10.1. The minimum Gasteiger partial charge on any atom is -0.378 e. The maximum absolute atomic E-state index is 5.58. The summed E-state index contributed by atoms with van der Waals surface area (Å²) in [5.74, 6) is 1.77. The highest BCUT2D eigenvalue weighted by atomic mass is 16.5. The lowest BCUT2D eigenvalue weighted by Crippen LogP contribution is -2.27. The van der Waals surface area contributed by atoms with Gasteiger partial charge in [-0.2, -0.15) is 0 Å². The van der Waals surface area contributed by atoms with Crippen molar-refractivity contribution in [2.45, 2.75) is 45.9 Å². The fourth-order valence-electron chi connectivity index (χ4n) is 1.47. The lowest BCUT2D eigenvalue weighted by Gasteiger charge is -2.22. The van der Waals surface area contributed by atoms with Gasteiger partial charge in [0.15, 0.2) is 0 Å². The first kappa shape index (κ1) is 12.1. The van der Waals surface area contributed by atoms with E-state index < -0.39 is 0 Å². The van der Waals surface area contributed by atoms with Gasteiger partial charge >= 0.3 is 0 Å². The van der Waals surface area contributed by atoms with Gasteiger partial charge in [0.05, 0.1) is 12.1 Å². The second kappa shape index (κ2) is 4.72. The first-order valence-corrected chi connectivity index (χ1v) is 5.20. The van der Waals surface area contributed by atoms with Gasteiger partial charge in [-0.25, -0.2) is 0 Å². The van der Waals surface area contributed by atoms with Crippen LogP contribution in [0.15, 0.2) is 0 Å². The standard InChI is InChI=1S/C10H20N4O/c1-5-14-8(6-10(2,3)15-4)12-13-9(14)7-11/h5-7,11H2,1-4H3. The molecule has 0 spiro atoms. The molecule has 0 aliphatic heterocycles. The topological polar surface area (TPSA) is 66.0 Å². The van der Waals surface area contributed by atoms with E-state index in [1.165, 1.54) is 0 Å². The van der Waals surface area contributed by atoms with E-state index in [1.54, 1.807) is 7.11 Å². The minimum absolute atomic E-state index is 0.216. The van der Waals surface area contributed by atoms with Crippen LogP contribution in [0.4, 0.5) is 0 Å². The second-order valence-corrected chi connectivity index (χ2v) is 4.12. The maximum Gasteiger partial charge on any atom is 0.146 e. The SMILES string of the molecule is CCn1c(CN)nnc1CC(C)(C)OC. The number of hydrogen-bond donors (Lipinski definition) is 1. The van der Waals surface area contributed by atoms with Crippen LogP contribution in [0, 0.1) is 0 Å². The van der Waals surface area contributed by atoms with Crippen molar-refractivity contribution in [3.05, 3.63) is 11.6 Å². The summed E-state index contributed by atoms with van der Waals surface area (Å²) in [5, 5.41) is 8.20. The summed E-state index contributed by atoms with van der Waals surface area (Å²) in [6.07, 6.45) is 0.740. The van der Waals surface area contributed by atoms with Crippen LogP contribution in [-0.4, -0.2) is 27.5 Å². The molecule has 15 heavy (non-hydrogen) atoms. The van der Waals surface area contributed by atoms with Crippen molar-refractivity contribution in [2.24, 2.45) is 5.73 Å². The average Bonchev–Trinajstić information content (AvgIpc) is 2.59. The van der Waals surface area contributed by atoms with E-state index in [2.05, 4.69) is 17.1 Å². The molecule has 0 fully saturated rings. The molecule has 0 bridgehead atoms. The van der Waals surface area contributed by atoms with E-state index in [0.29, 0.717) is 6.54 Å². The molecular weight excluding hydrogens is 192 g/mol. The van der Waals surface area contributed by atoms with Crippen LogP contribution < -0.4 is 5.73 Å². The van der Waals surface area contributed by atoms with Crippen LogP contribution in [0.3, 0.4) is 0 Å². The molecule has 1 aromatic heterocycles. The zero-order valence-electron chi connectivity index (χ0n) is 9.95. The Morgan fingerprint density at radius 2 is 1.93 bits per heavy atom. The minimum atomic E-state index is -0.216. The van der Waals surface area contributed by atoms with Crippen molar-refractivity contribution in [3.63, 3.8) is 0 Å². The quantitative estimate of drug-likeness (QED) is 0.781. The molecule has 0 aromatic carbocycles. The predicted octanol–water partition coefficient (Wildman–Crippen LogP) is 0.724. The van der Waals surface area contributed by atoms with Crippen molar-refractivity contribution >= 4 is 0 Å². The van der Waals surface area contributed by atoms with Gasteiger partial charge in [0, 0.05) is 20.1 Å². The Labute approximate surface area is 90.6 Å². The molecule has 1 aromatic rings. The van der Waals surface area contributed by atoms with Crippen LogP contribution in [0.25, 0.3) is 0 Å². The van der Waals surface area contributed by atoms with Crippen LogP contribution in [-0.2, 0) is 24.2 Å². The maximum atomic E-state index is 5.58. The van der Waals surface area contributed by atoms with Gasteiger partial charge in [-0.1, -0.05) is 0 Å². The third-order valence-corrected chi connectivity index (χ3v) is 2.54. The Morgan fingerprint density at radius 3 is 2.40 bits per heavy atom. The van der Waals surface area contributed by atoms with Gasteiger partial charge in [-0.3, -0.25) is 0 Å². The molecule has 0 atom stereocenters. The van der Waals surface area contributed by atoms with Gasteiger partial charge < -0.3 is 15.0 Å². The van der Waals surface area contributed by atoms with E-state index in [1.807, 2.05) is 18.4 Å². The van der Waals surface area contributed by atoms with Crippen LogP contribution in [0.2, 0.25) is 0 Å². The van der Waals surface area contributed by atoms with Gasteiger partial charge in [-0.15, -0.1) is 10.2 Å². The molecule has 1 rings (SSSR count). The van der Waals surface area contributed by atoms with E-state index in [9.17, 15) is 0 Å². The highest BCUT2D eigenvalue weighted by Crippen LogP contribution is 2.15. The molecule has 0 unspecified atom stereocenters. The number of ether oxygens (including phenoxy) is 1. The van der Waals surface area contributed by atoms with Crippen LogP contribution in [0.1, 0.15) is 32.4 Å². The van der Waals surface area contributed by atoms with E-state index in [-0.39, 0.29) is 5.60 Å². The molecule has 0 saturated heterocycles. The van der Waals surface area contributed by atoms with Crippen LogP contribution >= 0.6 is 0 Å². The van der Waals surface area contributed by atoms with Gasteiger partial charge in [-0.05, 0) is 20.8 Å². The van der Waals surface area contributed by atoms with Crippen molar-refractivity contribution in [1.82, 2.24) is 14.8 Å². The molecule has 0 aliphatic rings. The summed E-state index contributed by atoms with van der Waals surface area (Å²) in [5.41, 5.74) is 5.36. The van der Waals surface area contributed by atoms with Crippen molar-refractivity contribution in [2.75, 3.05) is 7.11 Å². The summed E-state index contributed by atoms with van der Waals surface area (Å²) in [6, 6.07) is 0. The normalized spacial score (nSPS) is 12.1. The number of rotatable bonds is 5. The summed E-state index contributed by atoms with van der Waals surface area (Å²) >= 11 is 0. The molecular formula is C10H20N4O. The molecule has 5 heteroatoms. The molecule has 5 nitrogen and oxygen atoms in total. The average molecular weight is 212 g/mol. The number of aromatic nitrogens is 3. The summed E-state index contributed by atoms with van der Waals surface area (Å²) < 4.78 is 7.41. The zero-order valence-corrected chi connectivity index (χ0v) is 9.95. The molecule has 0 radical (unpaired) electrons. The number of nitrogens with zero attached hydrogens (tertiary/aromatic N) is 3. The number of nitrogens with two attached hydrogens (primary N) is 1. The van der Waals surface area contributed by atoms with Crippen molar-refractivity contribution in [1.29, 1.82) is 0 Å². The monoisotopic (exact) mass is 212 g/mol. The third kappa shape index (κ3) is 2.76. The zero-order chi connectivity index (χ0) is 11.5. The summed E-state index contributed by atoms with van der Waals surface area (Å²) in [7, 11) is 1.70. The Morgan fingerprint density at radius 1 is 1.33 bits per heavy atom. The molecule has 0 aliphatic carbocycles. The van der Waals surface area contributed by atoms with Gasteiger partial charge in [0.1, 0.15) is 11.6 Å². The highest BCUT2D eigenvalue weighted by molar-refractivity contribution is 4.99. The van der Waals surface area contributed by atoms with Crippen molar-refractivity contribution in [3.8, 4) is 0 Å². The molecule has 86 valence electrons. The molecule has 2 N–H and O–H groups in total. The summed E-state index contributed by atoms with van der Waals surface area (Å²) in [4.78, 5) is 0. The highest BCUT2D eigenvalue weighted by Gasteiger charge is 2.21. The Hall–Kier alpha value is -0.940. The molecule has 0 saturated carbocycles. The third-order valence-electron chi connectivity index (χ3n) is 2.54. The van der Waals surface area contributed by atoms with E-state index >= 15 is 0 Å². The fraction of sp³-hybridized carbons (Fsp3) is 0.800. The smallest absolute Gasteiger partial charge is 0.146 e. The van der Waals surface area contributed by atoms with Crippen LogP contribution in [0.5, 0.6) is 0 Å².